The van der Waals surface area contributed by atoms with Crippen molar-refractivity contribution in [2.75, 3.05) is 12.8 Å². The number of alkyl halides is 3. The zero-order valence-corrected chi connectivity index (χ0v) is 12.0. The molecule has 0 unspecified atom stereocenters. The highest BCUT2D eigenvalue weighted by molar-refractivity contribution is 7.98. The van der Waals surface area contributed by atoms with Gasteiger partial charge in [0, 0.05) is 23.7 Å². The zero-order valence-electron chi connectivity index (χ0n) is 11.1. The second-order valence-electron chi connectivity index (χ2n) is 4.29. The standard InChI is InChI=1S/C14H13F3N2OS/c1-20-12-5-9(4-11(18)6-12)8-21-13-3-2-10(7-19-13)14(15,16)17/h2-7H,8,18H2,1H3. The number of ether oxygens (including phenoxy) is 1. The Kier molecular flexibility index (Phi) is 4.62. The third-order valence-electron chi connectivity index (χ3n) is 2.67. The van der Waals surface area contributed by atoms with Crippen LogP contribution in [0.1, 0.15) is 11.1 Å². The Balaban J connectivity index is 2.05. The highest BCUT2D eigenvalue weighted by atomic mass is 32.2. The van der Waals surface area contributed by atoms with Crippen LogP contribution in [0.5, 0.6) is 5.75 Å². The normalized spacial score (nSPS) is 11.4. The molecule has 2 rings (SSSR count). The molecule has 1 aromatic heterocycles. The monoisotopic (exact) mass is 314 g/mol. The van der Waals surface area contributed by atoms with E-state index in [4.69, 9.17) is 10.5 Å². The van der Waals surface area contributed by atoms with Gasteiger partial charge < -0.3 is 10.5 Å². The molecule has 0 aliphatic carbocycles. The molecule has 0 atom stereocenters. The van der Waals surface area contributed by atoms with Gasteiger partial charge in [0.25, 0.3) is 0 Å². The van der Waals surface area contributed by atoms with Crippen LogP contribution in [-0.4, -0.2) is 12.1 Å². The van der Waals surface area contributed by atoms with Crippen LogP contribution in [-0.2, 0) is 11.9 Å². The average Bonchev–Trinajstić information content (AvgIpc) is 2.44. The van der Waals surface area contributed by atoms with Gasteiger partial charge in [0.1, 0.15) is 5.75 Å². The number of methoxy groups -OCH3 is 1. The van der Waals surface area contributed by atoms with Crippen molar-refractivity contribution in [3.8, 4) is 5.75 Å². The van der Waals surface area contributed by atoms with Crippen molar-refractivity contribution < 1.29 is 17.9 Å². The number of nitrogens with two attached hydrogens (primary N) is 1. The van der Waals surface area contributed by atoms with Gasteiger partial charge in [0.15, 0.2) is 0 Å². The Morgan fingerprint density at radius 1 is 1.24 bits per heavy atom. The van der Waals surface area contributed by atoms with Crippen molar-refractivity contribution in [3.05, 3.63) is 47.7 Å². The second-order valence-corrected chi connectivity index (χ2v) is 5.28. The van der Waals surface area contributed by atoms with Crippen LogP contribution in [0.25, 0.3) is 0 Å². The molecular weight excluding hydrogens is 301 g/mol. The molecule has 0 spiro atoms. The molecule has 0 amide bonds. The fourth-order valence-corrected chi connectivity index (χ4v) is 2.45. The molecule has 0 saturated heterocycles. The summed E-state index contributed by atoms with van der Waals surface area (Å²) in [7, 11) is 1.54. The van der Waals surface area contributed by atoms with Gasteiger partial charge in [-0.3, -0.25) is 0 Å². The third kappa shape index (κ3) is 4.29. The van der Waals surface area contributed by atoms with E-state index >= 15 is 0 Å². The van der Waals surface area contributed by atoms with Crippen molar-refractivity contribution in [1.82, 2.24) is 4.98 Å². The van der Waals surface area contributed by atoms with Crippen molar-refractivity contribution in [3.63, 3.8) is 0 Å². The maximum atomic E-state index is 12.4. The van der Waals surface area contributed by atoms with Crippen LogP contribution in [0, 0.1) is 0 Å². The van der Waals surface area contributed by atoms with Crippen molar-refractivity contribution >= 4 is 17.4 Å². The zero-order chi connectivity index (χ0) is 15.5. The van der Waals surface area contributed by atoms with Gasteiger partial charge in [-0.1, -0.05) is 0 Å². The number of thioether (sulfide) groups is 1. The number of rotatable bonds is 4. The van der Waals surface area contributed by atoms with E-state index in [0.717, 1.165) is 17.8 Å². The summed E-state index contributed by atoms with van der Waals surface area (Å²) in [6, 6.07) is 7.70. The van der Waals surface area contributed by atoms with E-state index in [-0.39, 0.29) is 0 Å². The van der Waals surface area contributed by atoms with E-state index in [2.05, 4.69) is 4.98 Å². The summed E-state index contributed by atoms with van der Waals surface area (Å²) in [4.78, 5) is 3.81. The van der Waals surface area contributed by atoms with Gasteiger partial charge in [0.05, 0.1) is 17.7 Å². The first-order valence-corrected chi connectivity index (χ1v) is 6.96. The van der Waals surface area contributed by atoms with Gasteiger partial charge in [-0.2, -0.15) is 13.2 Å². The fraction of sp³-hybridized carbons (Fsp3) is 0.214. The molecule has 112 valence electrons. The maximum absolute atomic E-state index is 12.4. The first-order chi connectivity index (χ1) is 9.88. The fourth-order valence-electron chi connectivity index (χ4n) is 1.68. The summed E-state index contributed by atoms with van der Waals surface area (Å²) in [5.41, 5.74) is 6.48. The number of anilines is 1. The average molecular weight is 314 g/mol. The lowest BCUT2D eigenvalue weighted by Crippen LogP contribution is -2.05. The van der Waals surface area contributed by atoms with Crippen LogP contribution >= 0.6 is 11.8 Å². The Bertz CT molecular complexity index is 615. The van der Waals surface area contributed by atoms with E-state index in [0.29, 0.717) is 22.2 Å². The molecule has 2 N–H and O–H groups in total. The Morgan fingerprint density at radius 3 is 2.57 bits per heavy atom. The van der Waals surface area contributed by atoms with Gasteiger partial charge in [-0.05, 0) is 29.8 Å². The van der Waals surface area contributed by atoms with Crippen molar-refractivity contribution in [2.45, 2.75) is 17.0 Å². The van der Waals surface area contributed by atoms with Crippen LogP contribution in [0.4, 0.5) is 18.9 Å². The molecule has 1 aromatic carbocycles. The number of nitrogens with zero attached hydrogens (tertiary/aromatic N) is 1. The lowest BCUT2D eigenvalue weighted by atomic mass is 10.2. The summed E-state index contributed by atoms with van der Waals surface area (Å²) in [6.07, 6.45) is -3.53. The molecule has 0 aliphatic rings. The van der Waals surface area contributed by atoms with E-state index in [9.17, 15) is 13.2 Å². The van der Waals surface area contributed by atoms with Gasteiger partial charge in [0.2, 0.25) is 0 Å². The predicted octanol–water partition coefficient (Wildman–Crippen LogP) is 3.98. The molecule has 0 fully saturated rings. The Hall–Kier alpha value is -1.89. The van der Waals surface area contributed by atoms with Gasteiger partial charge in [-0.25, -0.2) is 4.98 Å². The van der Waals surface area contributed by atoms with Crippen LogP contribution in [0.15, 0.2) is 41.6 Å². The first kappa shape index (κ1) is 15.5. The molecular formula is C14H13F3N2OS. The molecule has 0 radical (unpaired) electrons. The molecule has 3 nitrogen and oxygen atoms in total. The molecule has 21 heavy (non-hydrogen) atoms. The minimum absolute atomic E-state index is 0.518. The summed E-state index contributed by atoms with van der Waals surface area (Å²) < 4.78 is 42.4. The summed E-state index contributed by atoms with van der Waals surface area (Å²) in [5.74, 6) is 1.19. The minimum atomic E-state index is -4.36. The van der Waals surface area contributed by atoms with Gasteiger partial charge >= 0.3 is 6.18 Å². The lowest BCUT2D eigenvalue weighted by molar-refractivity contribution is -0.137. The predicted molar refractivity (Wildman–Crippen MR) is 76.2 cm³/mol. The highest BCUT2D eigenvalue weighted by Gasteiger charge is 2.30. The summed E-state index contributed by atoms with van der Waals surface area (Å²) in [6.45, 7) is 0. The number of hydrogen-bond acceptors (Lipinski definition) is 4. The topological polar surface area (TPSA) is 48.1 Å². The molecule has 0 aliphatic heterocycles. The van der Waals surface area contributed by atoms with Gasteiger partial charge in [-0.15, -0.1) is 11.8 Å². The van der Waals surface area contributed by atoms with E-state index in [1.54, 1.807) is 19.2 Å². The maximum Gasteiger partial charge on any atom is 0.417 e. The lowest BCUT2D eigenvalue weighted by Gasteiger charge is -2.08. The number of halogens is 3. The van der Waals surface area contributed by atoms with E-state index < -0.39 is 11.7 Å². The van der Waals surface area contributed by atoms with E-state index in [1.165, 1.54) is 17.8 Å². The Labute approximate surface area is 124 Å². The smallest absolute Gasteiger partial charge is 0.417 e. The van der Waals surface area contributed by atoms with Crippen molar-refractivity contribution in [1.29, 1.82) is 0 Å². The number of nitrogen functional groups attached to an aromatic ring is 1. The largest absolute Gasteiger partial charge is 0.497 e. The Morgan fingerprint density at radius 2 is 2.00 bits per heavy atom. The SMILES string of the molecule is COc1cc(N)cc(CSc2ccc(C(F)(F)F)cn2)c1. The summed E-state index contributed by atoms with van der Waals surface area (Å²) in [5, 5.41) is 0.518. The minimum Gasteiger partial charge on any atom is -0.497 e. The molecule has 1 heterocycles. The molecule has 0 bridgehead atoms. The number of hydrogen-bond donors (Lipinski definition) is 1. The number of pyridine rings is 1. The van der Waals surface area contributed by atoms with Crippen LogP contribution in [0.2, 0.25) is 0 Å². The number of aromatic nitrogens is 1. The molecule has 7 heteroatoms. The van der Waals surface area contributed by atoms with Crippen LogP contribution < -0.4 is 10.5 Å². The second kappa shape index (κ2) is 6.26. The molecule has 0 saturated carbocycles. The highest BCUT2D eigenvalue weighted by Crippen LogP contribution is 2.30. The van der Waals surface area contributed by atoms with Crippen LogP contribution in [0.3, 0.4) is 0 Å². The number of benzene rings is 1. The van der Waals surface area contributed by atoms with E-state index in [1.807, 2.05) is 6.07 Å². The quantitative estimate of drug-likeness (QED) is 0.685. The third-order valence-corrected chi connectivity index (χ3v) is 3.69. The first-order valence-electron chi connectivity index (χ1n) is 5.98. The summed E-state index contributed by atoms with van der Waals surface area (Å²) >= 11 is 1.33. The molecule has 2 aromatic rings. The van der Waals surface area contributed by atoms with Crippen molar-refractivity contribution in [2.24, 2.45) is 0 Å².